The molecule has 1 aromatic carbocycles. The van der Waals surface area contributed by atoms with E-state index in [-0.39, 0.29) is 12.3 Å². The lowest BCUT2D eigenvalue weighted by Crippen LogP contribution is -2.40. The fourth-order valence-electron chi connectivity index (χ4n) is 1.64. The Kier molecular flexibility index (Phi) is 5.12. The van der Waals surface area contributed by atoms with Gasteiger partial charge in [-0.15, -0.1) is 0 Å². The molecule has 0 heterocycles. The van der Waals surface area contributed by atoms with E-state index >= 15 is 0 Å². The van der Waals surface area contributed by atoms with E-state index in [1.54, 1.807) is 13.8 Å². The van der Waals surface area contributed by atoms with Crippen LogP contribution in [0.4, 0.5) is 13.2 Å². The van der Waals surface area contributed by atoms with Crippen molar-refractivity contribution in [3.8, 4) is 0 Å². The predicted octanol–water partition coefficient (Wildman–Crippen LogP) is 2.33. The zero-order valence-corrected chi connectivity index (χ0v) is 10.9. The molecule has 0 fully saturated rings. The molecule has 4 nitrogen and oxygen atoms in total. The van der Waals surface area contributed by atoms with Gasteiger partial charge in [-0.2, -0.15) is 0 Å². The first-order valence-electron chi connectivity index (χ1n) is 5.89. The number of carboxylic acid groups (broad SMARTS) is 1. The fraction of sp³-hybridized carbons (Fsp3) is 0.385. The van der Waals surface area contributed by atoms with Crippen LogP contribution in [0.15, 0.2) is 12.1 Å². The van der Waals surface area contributed by atoms with Gasteiger partial charge in [0.05, 0.1) is 6.42 Å². The van der Waals surface area contributed by atoms with Gasteiger partial charge < -0.3 is 10.4 Å². The van der Waals surface area contributed by atoms with Gasteiger partial charge in [0.2, 0.25) is 0 Å². The Labute approximate surface area is 113 Å². The molecule has 1 atom stereocenters. The summed E-state index contributed by atoms with van der Waals surface area (Å²) in [6, 6.07) is -0.0112. The maximum absolute atomic E-state index is 13.4. The molecule has 0 saturated carbocycles. The Morgan fingerprint density at radius 2 is 1.70 bits per heavy atom. The van der Waals surface area contributed by atoms with Crippen LogP contribution in [-0.2, 0) is 4.79 Å². The molecule has 0 aromatic heterocycles. The number of aliphatic carboxylic acids is 1. The Morgan fingerprint density at radius 1 is 1.20 bits per heavy atom. The van der Waals surface area contributed by atoms with Crippen molar-refractivity contribution in [3.05, 3.63) is 35.1 Å². The molecule has 0 saturated heterocycles. The summed E-state index contributed by atoms with van der Waals surface area (Å²) in [6.45, 7) is 3.32. The number of halogens is 3. The summed E-state index contributed by atoms with van der Waals surface area (Å²) < 4.78 is 39.6. The molecule has 1 rings (SSSR count). The lowest BCUT2D eigenvalue weighted by atomic mass is 10.0. The first-order valence-corrected chi connectivity index (χ1v) is 5.89. The summed E-state index contributed by atoms with van der Waals surface area (Å²) in [5.74, 6) is -6.32. The SMILES string of the molecule is CC(C)C(CC(=O)O)NC(=O)c1c(F)cc(F)cc1F. The minimum atomic E-state index is -1.34. The molecule has 1 amide bonds. The third-order valence-electron chi connectivity index (χ3n) is 2.75. The van der Waals surface area contributed by atoms with Gasteiger partial charge in [0.1, 0.15) is 23.0 Å². The van der Waals surface area contributed by atoms with E-state index in [0.29, 0.717) is 12.1 Å². The summed E-state index contributed by atoms with van der Waals surface area (Å²) >= 11 is 0. The number of carbonyl (C=O) groups is 2. The van der Waals surface area contributed by atoms with Crippen LogP contribution in [0.3, 0.4) is 0 Å². The Bertz CT molecular complexity index is 509. The van der Waals surface area contributed by atoms with E-state index in [2.05, 4.69) is 5.32 Å². The number of benzene rings is 1. The van der Waals surface area contributed by atoms with Crippen molar-refractivity contribution in [1.82, 2.24) is 5.32 Å². The molecule has 0 aliphatic carbocycles. The van der Waals surface area contributed by atoms with Crippen LogP contribution < -0.4 is 5.32 Å². The van der Waals surface area contributed by atoms with Crippen LogP contribution in [0.2, 0.25) is 0 Å². The predicted molar refractivity (Wildman–Crippen MR) is 64.7 cm³/mol. The summed E-state index contributed by atoms with van der Waals surface area (Å²) in [4.78, 5) is 22.4. The average Bonchev–Trinajstić information content (AvgIpc) is 2.25. The molecule has 110 valence electrons. The topological polar surface area (TPSA) is 66.4 Å². The Balaban J connectivity index is 2.98. The normalized spacial score (nSPS) is 12.3. The van der Waals surface area contributed by atoms with Crippen molar-refractivity contribution in [1.29, 1.82) is 0 Å². The molecule has 0 spiro atoms. The highest BCUT2D eigenvalue weighted by Crippen LogP contribution is 2.16. The van der Waals surface area contributed by atoms with Crippen LogP contribution >= 0.6 is 0 Å². The van der Waals surface area contributed by atoms with Crippen LogP contribution in [0.25, 0.3) is 0 Å². The zero-order chi connectivity index (χ0) is 15.4. The lowest BCUT2D eigenvalue weighted by molar-refractivity contribution is -0.137. The average molecular weight is 289 g/mol. The van der Waals surface area contributed by atoms with Crippen LogP contribution in [-0.4, -0.2) is 23.0 Å². The van der Waals surface area contributed by atoms with Gasteiger partial charge in [-0.25, -0.2) is 13.2 Å². The van der Waals surface area contributed by atoms with Gasteiger partial charge in [0, 0.05) is 18.2 Å². The Morgan fingerprint density at radius 3 is 2.10 bits per heavy atom. The third kappa shape index (κ3) is 3.97. The molecule has 1 aromatic rings. The van der Waals surface area contributed by atoms with Gasteiger partial charge in [-0.1, -0.05) is 13.8 Å². The summed E-state index contributed by atoms with van der Waals surface area (Å²) in [7, 11) is 0. The fourth-order valence-corrected chi connectivity index (χ4v) is 1.64. The monoisotopic (exact) mass is 289 g/mol. The minimum Gasteiger partial charge on any atom is -0.481 e. The van der Waals surface area contributed by atoms with E-state index < -0.39 is 40.9 Å². The maximum Gasteiger partial charge on any atom is 0.305 e. The first kappa shape index (κ1) is 16.0. The summed E-state index contributed by atoms with van der Waals surface area (Å²) in [6.07, 6.45) is -0.381. The molecule has 0 bridgehead atoms. The van der Waals surface area contributed by atoms with Gasteiger partial charge in [-0.05, 0) is 5.92 Å². The van der Waals surface area contributed by atoms with Crippen molar-refractivity contribution in [2.75, 3.05) is 0 Å². The standard InChI is InChI=1S/C13H14F3NO3/c1-6(2)10(5-11(18)19)17-13(20)12-8(15)3-7(14)4-9(12)16/h3-4,6,10H,5H2,1-2H3,(H,17,20)(H,18,19). The highest BCUT2D eigenvalue weighted by molar-refractivity contribution is 5.95. The van der Waals surface area contributed by atoms with Crippen molar-refractivity contribution in [2.24, 2.45) is 5.92 Å². The van der Waals surface area contributed by atoms with Crippen molar-refractivity contribution >= 4 is 11.9 Å². The molecule has 1 unspecified atom stereocenters. The smallest absolute Gasteiger partial charge is 0.305 e. The summed E-state index contributed by atoms with van der Waals surface area (Å²) in [5, 5.41) is 11.0. The van der Waals surface area contributed by atoms with Gasteiger partial charge >= 0.3 is 5.97 Å². The summed E-state index contributed by atoms with van der Waals surface area (Å²) in [5.41, 5.74) is -0.928. The van der Waals surface area contributed by atoms with E-state index in [1.807, 2.05) is 0 Å². The molecule has 0 aliphatic rings. The molecular formula is C13H14F3NO3. The zero-order valence-electron chi connectivity index (χ0n) is 10.9. The second-order valence-electron chi connectivity index (χ2n) is 4.67. The lowest BCUT2D eigenvalue weighted by Gasteiger charge is -2.20. The second-order valence-corrected chi connectivity index (χ2v) is 4.67. The number of carboxylic acids is 1. The Hall–Kier alpha value is -2.05. The molecule has 7 heteroatoms. The maximum atomic E-state index is 13.4. The van der Waals surface area contributed by atoms with E-state index in [9.17, 15) is 22.8 Å². The number of amides is 1. The van der Waals surface area contributed by atoms with Crippen molar-refractivity contribution in [3.63, 3.8) is 0 Å². The van der Waals surface area contributed by atoms with Crippen LogP contribution in [0.5, 0.6) is 0 Å². The largest absolute Gasteiger partial charge is 0.481 e. The number of rotatable bonds is 5. The van der Waals surface area contributed by atoms with Crippen molar-refractivity contribution in [2.45, 2.75) is 26.3 Å². The number of carbonyl (C=O) groups excluding carboxylic acids is 1. The highest BCUT2D eigenvalue weighted by Gasteiger charge is 2.24. The van der Waals surface area contributed by atoms with E-state index in [4.69, 9.17) is 5.11 Å². The van der Waals surface area contributed by atoms with Crippen molar-refractivity contribution < 1.29 is 27.9 Å². The number of nitrogens with one attached hydrogen (secondary N) is 1. The molecular weight excluding hydrogens is 275 g/mol. The van der Waals surface area contributed by atoms with Gasteiger partial charge in [0.25, 0.3) is 5.91 Å². The second kappa shape index (κ2) is 6.40. The molecule has 0 radical (unpaired) electrons. The molecule has 0 aliphatic heterocycles. The quantitative estimate of drug-likeness (QED) is 0.874. The van der Waals surface area contributed by atoms with Gasteiger partial charge in [0.15, 0.2) is 0 Å². The highest BCUT2D eigenvalue weighted by atomic mass is 19.1. The molecule has 20 heavy (non-hydrogen) atoms. The third-order valence-corrected chi connectivity index (χ3v) is 2.75. The minimum absolute atomic E-state index is 0.248. The number of hydrogen-bond donors (Lipinski definition) is 2. The van der Waals surface area contributed by atoms with E-state index in [1.165, 1.54) is 0 Å². The van der Waals surface area contributed by atoms with Gasteiger partial charge in [-0.3, -0.25) is 9.59 Å². The van der Waals surface area contributed by atoms with Crippen LogP contribution in [0.1, 0.15) is 30.6 Å². The van der Waals surface area contributed by atoms with Crippen LogP contribution in [0, 0.1) is 23.4 Å². The number of hydrogen-bond acceptors (Lipinski definition) is 2. The molecule has 2 N–H and O–H groups in total. The van der Waals surface area contributed by atoms with E-state index in [0.717, 1.165) is 0 Å². The first-order chi connectivity index (χ1) is 9.22.